The van der Waals surface area contributed by atoms with E-state index in [0.29, 0.717) is 22.3 Å². The minimum atomic E-state index is -0.214. The second-order valence-electron chi connectivity index (χ2n) is 4.77. The van der Waals surface area contributed by atoms with Crippen LogP contribution in [0.3, 0.4) is 0 Å². The van der Waals surface area contributed by atoms with Crippen molar-refractivity contribution in [2.75, 3.05) is 14.1 Å². The first kappa shape index (κ1) is 16.6. The number of hydrogen-bond donors (Lipinski definition) is 1. The highest BCUT2D eigenvalue weighted by Crippen LogP contribution is 2.18. The van der Waals surface area contributed by atoms with E-state index in [0.717, 1.165) is 17.7 Å². The van der Waals surface area contributed by atoms with Crippen LogP contribution in [-0.2, 0) is 13.0 Å². The summed E-state index contributed by atoms with van der Waals surface area (Å²) in [7, 11) is 3.28. The molecule has 2 aromatic heterocycles. The second kappa shape index (κ2) is 7.46. The van der Waals surface area contributed by atoms with Crippen molar-refractivity contribution in [2.45, 2.75) is 26.3 Å². The number of thiazole rings is 2. The Morgan fingerprint density at radius 2 is 2.14 bits per heavy atom. The van der Waals surface area contributed by atoms with Crippen LogP contribution in [0.1, 0.15) is 43.5 Å². The molecule has 0 saturated heterocycles. The molecule has 0 bridgehead atoms. The van der Waals surface area contributed by atoms with E-state index in [-0.39, 0.29) is 11.8 Å². The number of nitrogens with one attached hydrogen (secondary N) is 1. The Kier molecular flexibility index (Phi) is 5.62. The normalized spacial score (nSPS) is 10.5. The van der Waals surface area contributed by atoms with Crippen molar-refractivity contribution in [2.24, 2.45) is 0 Å². The van der Waals surface area contributed by atoms with Gasteiger partial charge in [0.25, 0.3) is 11.8 Å². The molecule has 2 aromatic rings. The monoisotopic (exact) mass is 338 g/mol. The van der Waals surface area contributed by atoms with Crippen molar-refractivity contribution in [1.29, 1.82) is 0 Å². The third kappa shape index (κ3) is 3.89. The van der Waals surface area contributed by atoms with Crippen LogP contribution < -0.4 is 5.32 Å². The van der Waals surface area contributed by atoms with Crippen molar-refractivity contribution in [3.8, 4) is 0 Å². The molecule has 1 N–H and O–H groups in total. The fourth-order valence-electron chi connectivity index (χ4n) is 1.84. The van der Waals surface area contributed by atoms with Crippen LogP contribution in [0, 0.1) is 0 Å². The van der Waals surface area contributed by atoms with Crippen molar-refractivity contribution < 1.29 is 9.59 Å². The molecule has 0 spiro atoms. The summed E-state index contributed by atoms with van der Waals surface area (Å²) < 4.78 is 0. The number of aromatic nitrogens is 2. The molecule has 0 aliphatic carbocycles. The van der Waals surface area contributed by atoms with Gasteiger partial charge in [-0.25, -0.2) is 9.97 Å². The fraction of sp³-hybridized carbons (Fsp3) is 0.429. The van der Waals surface area contributed by atoms with E-state index in [9.17, 15) is 9.59 Å². The molecular weight excluding hydrogens is 320 g/mol. The van der Waals surface area contributed by atoms with Gasteiger partial charge in [0.1, 0.15) is 0 Å². The average Bonchev–Trinajstić information content (AvgIpc) is 3.15. The van der Waals surface area contributed by atoms with E-state index in [1.54, 1.807) is 30.6 Å². The first-order valence-electron chi connectivity index (χ1n) is 6.91. The fourth-order valence-corrected chi connectivity index (χ4v) is 3.60. The highest BCUT2D eigenvalue weighted by molar-refractivity contribution is 7.13. The number of carbonyl (C=O) groups is 2. The summed E-state index contributed by atoms with van der Waals surface area (Å²) >= 11 is 2.70. The lowest BCUT2D eigenvalue weighted by atomic mass is 10.3. The SMILES string of the molecule is CCCc1cnc(C(=O)N(C)Cc2csc(C(=O)NC)n2)s1. The van der Waals surface area contributed by atoms with Crippen LogP contribution in [0.25, 0.3) is 0 Å². The minimum Gasteiger partial charge on any atom is -0.353 e. The zero-order valence-electron chi connectivity index (χ0n) is 12.8. The first-order valence-corrected chi connectivity index (χ1v) is 8.61. The molecule has 0 atom stereocenters. The van der Waals surface area contributed by atoms with Crippen molar-refractivity contribution in [1.82, 2.24) is 20.2 Å². The summed E-state index contributed by atoms with van der Waals surface area (Å²) in [5, 5.41) is 5.22. The topological polar surface area (TPSA) is 75.2 Å². The van der Waals surface area contributed by atoms with Gasteiger partial charge in [-0.1, -0.05) is 13.3 Å². The van der Waals surface area contributed by atoms with Gasteiger partial charge in [0.2, 0.25) is 0 Å². The number of rotatable bonds is 6. The molecule has 0 unspecified atom stereocenters. The Balaban J connectivity index is 2.01. The quantitative estimate of drug-likeness (QED) is 0.876. The molecule has 22 heavy (non-hydrogen) atoms. The van der Waals surface area contributed by atoms with E-state index in [1.165, 1.54) is 22.7 Å². The van der Waals surface area contributed by atoms with Crippen LogP contribution in [0.5, 0.6) is 0 Å². The zero-order chi connectivity index (χ0) is 16.1. The van der Waals surface area contributed by atoms with Crippen LogP contribution >= 0.6 is 22.7 Å². The third-order valence-electron chi connectivity index (χ3n) is 2.95. The Hall–Kier alpha value is -1.80. The summed E-state index contributed by atoms with van der Waals surface area (Å²) in [6, 6.07) is 0. The number of hydrogen-bond acceptors (Lipinski definition) is 6. The molecule has 0 fully saturated rings. The molecule has 118 valence electrons. The van der Waals surface area contributed by atoms with Gasteiger partial charge in [0, 0.05) is 30.5 Å². The van der Waals surface area contributed by atoms with Crippen LogP contribution in [-0.4, -0.2) is 40.8 Å². The highest BCUT2D eigenvalue weighted by atomic mass is 32.1. The average molecular weight is 338 g/mol. The molecule has 8 heteroatoms. The molecule has 2 rings (SSSR count). The third-order valence-corrected chi connectivity index (χ3v) is 4.89. The molecule has 0 aliphatic rings. The predicted octanol–water partition coefficient (Wildman–Crippen LogP) is 2.18. The van der Waals surface area contributed by atoms with E-state index < -0.39 is 0 Å². The standard InChI is InChI=1S/C14H18N4O2S2/c1-4-5-10-6-16-13(22-10)14(20)18(3)7-9-8-21-12(17-9)11(19)15-2/h6,8H,4-5,7H2,1-3H3,(H,15,19). The zero-order valence-corrected chi connectivity index (χ0v) is 14.4. The van der Waals surface area contributed by atoms with E-state index >= 15 is 0 Å². The maximum atomic E-state index is 12.3. The highest BCUT2D eigenvalue weighted by Gasteiger charge is 2.18. The van der Waals surface area contributed by atoms with E-state index in [1.807, 2.05) is 0 Å². The Bertz CT molecular complexity index is 665. The van der Waals surface area contributed by atoms with Gasteiger partial charge < -0.3 is 10.2 Å². The Morgan fingerprint density at radius 3 is 2.82 bits per heavy atom. The van der Waals surface area contributed by atoms with Gasteiger partial charge in [-0.15, -0.1) is 22.7 Å². The van der Waals surface area contributed by atoms with E-state index in [4.69, 9.17) is 0 Å². The number of amides is 2. The molecule has 0 aromatic carbocycles. The summed E-state index contributed by atoms with van der Waals surface area (Å²) in [5.41, 5.74) is 0.699. The van der Waals surface area contributed by atoms with Gasteiger partial charge >= 0.3 is 0 Å². The van der Waals surface area contributed by atoms with Crippen molar-refractivity contribution >= 4 is 34.5 Å². The lowest BCUT2D eigenvalue weighted by molar-refractivity contribution is 0.0783. The smallest absolute Gasteiger partial charge is 0.282 e. The van der Waals surface area contributed by atoms with Crippen molar-refractivity contribution in [3.63, 3.8) is 0 Å². The van der Waals surface area contributed by atoms with Crippen LogP contribution in [0.2, 0.25) is 0 Å². The molecule has 0 aliphatic heterocycles. The lowest BCUT2D eigenvalue weighted by Crippen LogP contribution is -2.26. The van der Waals surface area contributed by atoms with Crippen LogP contribution in [0.15, 0.2) is 11.6 Å². The molecule has 6 nitrogen and oxygen atoms in total. The summed E-state index contributed by atoms with van der Waals surface area (Å²) in [4.78, 5) is 34.9. The summed E-state index contributed by atoms with van der Waals surface area (Å²) in [6.45, 7) is 2.45. The second-order valence-corrected chi connectivity index (χ2v) is 6.74. The lowest BCUT2D eigenvalue weighted by Gasteiger charge is -2.13. The van der Waals surface area contributed by atoms with Gasteiger partial charge in [0.05, 0.1) is 12.2 Å². The summed E-state index contributed by atoms with van der Waals surface area (Å²) in [5.74, 6) is -0.337. The predicted molar refractivity (Wildman–Crippen MR) is 87.4 cm³/mol. The summed E-state index contributed by atoms with van der Waals surface area (Å²) in [6.07, 6.45) is 3.74. The molecule has 0 saturated carbocycles. The maximum Gasteiger partial charge on any atom is 0.282 e. The molecular formula is C14H18N4O2S2. The van der Waals surface area contributed by atoms with E-state index in [2.05, 4.69) is 22.2 Å². The first-order chi connectivity index (χ1) is 10.5. The Morgan fingerprint density at radius 1 is 1.36 bits per heavy atom. The maximum absolute atomic E-state index is 12.3. The molecule has 2 amide bonds. The number of nitrogens with zero attached hydrogens (tertiary/aromatic N) is 3. The van der Waals surface area contributed by atoms with Gasteiger partial charge in [-0.3, -0.25) is 9.59 Å². The minimum absolute atomic E-state index is 0.123. The molecule has 0 radical (unpaired) electrons. The van der Waals surface area contributed by atoms with Gasteiger partial charge in [0.15, 0.2) is 10.0 Å². The van der Waals surface area contributed by atoms with Gasteiger partial charge in [-0.2, -0.15) is 0 Å². The Labute approximate surface area is 137 Å². The largest absolute Gasteiger partial charge is 0.353 e. The van der Waals surface area contributed by atoms with Crippen molar-refractivity contribution in [3.05, 3.63) is 32.2 Å². The number of carbonyl (C=O) groups excluding carboxylic acids is 2. The molecule has 2 heterocycles. The van der Waals surface area contributed by atoms with Gasteiger partial charge in [-0.05, 0) is 6.42 Å². The number of aryl methyl sites for hydroxylation is 1. The van der Waals surface area contributed by atoms with Crippen LogP contribution in [0.4, 0.5) is 0 Å².